The minimum Gasteiger partial charge on any atom is -0.211 e. The summed E-state index contributed by atoms with van der Waals surface area (Å²) in [7, 11) is 0. The topological polar surface area (TPSA) is 248 Å². The van der Waals surface area contributed by atoms with E-state index in [1.165, 1.54) is 0 Å². The average molecular weight is 275 g/mol. The summed E-state index contributed by atoms with van der Waals surface area (Å²) < 4.78 is 0. The Morgan fingerprint density at radius 3 is 2.45 bits per heavy atom. The van der Waals surface area contributed by atoms with Crippen LogP contribution in [-0.4, -0.2) is 23.2 Å². The highest BCUT2D eigenvalue weighted by molar-refractivity contribution is 5.97. The SMILES string of the molecule is [N-]=[N+]=NN=NC1=NC(N=[N+]=[N-])=NC(N=[N+]=[N-])N1N=[N+]=[N-]. The van der Waals surface area contributed by atoms with Crippen molar-refractivity contribution in [3.8, 4) is 0 Å². The molecular formula is C3HN17. The molecule has 0 N–H and O–H groups in total. The monoisotopic (exact) mass is 275 g/mol. The number of azide groups is 4. The molecule has 0 aromatic heterocycles. The van der Waals surface area contributed by atoms with E-state index in [1.54, 1.807) is 0 Å². The maximum Gasteiger partial charge on any atom is 0.370 e. The van der Waals surface area contributed by atoms with Crippen molar-refractivity contribution in [2.75, 3.05) is 0 Å². The second kappa shape index (κ2) is 7.33. The maximum absolute atomic E-state index is 8.41. The van der Waals surface area contributed by atoms with Crippen LogP contribution in [0.5, 0.6) is 0 Å². The largest absolute Gasteiger partial charge is 0.370 e. The van der Waals surface area contributed by atoms with E-state index in [-0.39, 0.29) is 0 Å². The lowest BCUT2D eigenvalue weighted by Gasteiger charge is -2.17. The first-order valence-electron chi connectivity index (χ1n) is 4.32. The fraction of sp³-hybridized carbons (Fsp3) is 0.333. The van der Waals surface area contributed by atoms with Crippen LogP contribution < -0.4 is 0 Å². The van der Waals surface area contributed by atoms with Crippen LogP contribution in [0.1, 0.15) is 0 Å². The van der Waals surface area contributed by atoms with E-state index in [1.807, 2.05) is 0 Å². The number of hydrogen-bond acceptors (Lipinski definition) is 6. The zero-order valence-electron chi connectivity index (χ0n) is 9.18. The minimum absolute atomic E-state index is 0.441. The van der Waals surface area contributed by atoms with Crippen molar-refractivity contribution in [2.45, 2.75) is 6.29 Å². The van der Waals surface area contributed by atoms with Crippen LogP contribution in [-0.2, 0) is 0 Å². The van der Waals surface area contributed by atoms with Gasteiger partial charge in [0.2, 0.25) is 5.96 Å². The minimum atomic E-state index is -1.42. The molecule has 0 aromatic rings. The average Bonchev–Trinajstić information content (AvgIpc) is 2.43. The fourth-order valence-corrected chi connectivity index (χ4v) is 0.915. The van der Waals surface area contributed by atoms with E-state index in [4.69, 9.17) is 22.1 Å². The summed E-state index contributed by atoms with van der Waals surface area (Å²) in [6, 6.07) is 0. The van der Waals surface area contributed by atoms with Gasteiger partial charge in [-0.3, -0.25) is 0 Å². The van der Waals surface area contributed by atoms with Crippen LogP contribution >= 0.6 is 0 Å². The number of guanidine groups is 2. The van der Waals surface area contributed by atoms with Gasteiger partial charge >= 0.3 is 5.96 Å². The number of aliphatic imine (C=N–C) groups is 2. The van der Waals surface area contributed by atoms with E-state index in [2.05, 4.69) is 60.6 Å². The van der Waals surface area contributed by atoms with Crippen LogP contribution in [0, 0.1) is 0 Å². The van der Waals surface area contributed by atoms with E-state index in [0.717, 1.165) is 0 Å². The van der Waals surface area contributed by atoms with Gasteiger partial charge in [0.05, 0.1) is 5.22 Å². The Bertz CT molecular complexity index is 650. The highest BCUT2D eigenvalue weighted by Gasteiger charge is 2.31. The summed E-state index contributed by atoms with van der Waals surface area (Å²) in [4.78, 5) is 16.8. The summed E-state index contributed by atoms with van der Waals surface area (Å²) in [6.45, 7) is 0. The van der Waals surface area contributed by atoms with Crippen LogP contribution in [0.2, 0.25) is 0 Å². The molecular weight excluding hydrogens is 274 g/mol. The van der Waals surface area contributed by atoms with E-state index < -0.39 is 18.2 Å². The molecule has 98 valence electrons. The zero-order valence-corrected chi connectivity index (χ0v) is 9.18. The molecule has 0 fully saturated rings. The molecule has 1 aliphatic heterocycles. The molecule has 0 amide bonds. The van der Waals surface area contributed by atoms with Crippen LogP contribution in [0.15, 0.2) is 41.0 Å². The molecule has 17 heteroatoms. The first-order chi connectivity index (χ1) is 9.76. The fourth-order valence-electron chi connectivity index (χ4n) is 0.915. The Hall–Kier alpha value is -4.02. The molecule has 1 heterocycles. The molecule has 0 radical (unpaired) electrons. The Balaban J connectivity index is 3.33. The number of rotatable bonds is 3. The summed E-state index contributed by atoms with van der Waals surface area (Å²) in [5.41, 5.74) is 33.1. The number of nitrogens with zero attached hydrogens (tertiary/aromatic N) is 17. The first-order valence-corrected chi connectivity index (χ1v) is 4.32. The third-order valence-corrected chi connectivity index (χ3v) is 1.49. The molecule has 17 nitrogen and oxygen atoms in total. The third-order valence-electron chi connectivity index (χ3n) is 1.49. The van der Waals surface area contributed by atoms with Crippen LogP contribution in [0.3, 0.4) is 0 Å². The third kappa shape index (κ3) is 3.49. The van der Waals surface area contributed by atoms with Crippen molar-refractivity contribution in [1.29, 1.82) is 0 Å². The zero-order chi connectivity index (χ0) is 14.8. The quantitative estimate of drug-likeness (QED) is 0.320. The lowest BCUT2D eigenvalue weighted by molar-refractivity contribution is 0.325. The molecule has 0 aromatic carbocycles. The Labute approximate surface area is 107 Å². The van der Waals surface area contributed by atoms with Gasteiger partial charge in [-0.05, 0) is 26.5 Å². The van der Waals surface area contributed by atoms with Gasteiger partial charge in [-0.25, -0.2) is 4.99 Å². The molecule has 0 spiro atoms. The van der Waals surface area contributed by atoms with Gasteiger partial charge in [-0.2, -0.15) is 14.8 Å². The summed E-state index contributed by atoms with van der Waals surface area (Å²) in [5, 5.41) is 19.1. The molecule has 1 rings (SSSR count). The molecule has 0 saturated heterocycles. The highest BCUT2D eigenvalue weighted by Crippen LogP contribution is 2.14. The van der Waals surface area contributed by atoms with Crippen molar-refractivity contribution in [3.05, 3.63) is 41.8 Å². The van der Waals surface area contributed by atoms with Crippen molar-refractivity contribution >= 4 is 11.9 Å². The molecule has 1 unspecified atom stereocenters. The standard InChI is InChI=1S/C3HN17/c4-13-10-1-8-2(11-14-5)20(19-16-7)3(9-1)12-17-18-15-6/h2H. The van der Waals surface area contributed by atoms with Gasteiger partial charge in [-0.1, -0.05) is 0 Å². The van der Waals surface area contributed by atoms with E-state index in [9.17, 15) is 0 Å². The van der Waals surface area contributed by atoms with Crippen LogP contribution in [0.25, 0.3) is 41.8 Å². The highest BCUT2D eigenvalue weighted by atomic mass is 15.7. The number of hydrogen-bond donors (Lipinski definition) is 0. The predicted octanol–water partition coefficient (Wildman–Crippen LogP) is 2.82. The molecule has 1 aliphatic rings. The van der Waals surface area contributed by atoms with Crippen LogP contribution in [0.4, 0.5) is 0 Å². The second-order valence-electron chi connectivity index (χ2n) is 2.47. The lowest BCUT2D eigenvalue weighted by Crippen LogP contribution is -2.36. The Morgan fingerprint density at radius 2 is 1.85 bits per heavy atom. The van der Waals surface area contributed by atoms with Gasteiger partial charge in [-0.15, -0.1) is 16.1 Å². The van der Waals surface area contributed by atoms with E-state index >= 15 is 0 Å². The second-order valence-corrected chi connectivity index (χ2v) is 2.47. The maximum atomic E-state index is 8.41. The lowest BCUT2D eigenvalue weighted by atomic mass is 10.7. The van der Waals surface area contributed by atoms with Crippen molar-refractivity contribution < 1.29 is 0 Å². The molecule has 20 heavy (non-hydrogen) atoms. The van der Waals surface area contributed by atoms with Gasteiger partial charge in [0.1, 0.15) is 5.22 Å². The Kier molecular flexibility index (Phi) is 5.15. The molecule has 0 saturated carbocycles. The summed E-state index contributed by atoms with van der Waals surface area (Å²) in [6.07, 6.45) is -1.42. The Morgan fingerprint density at radius 1 is 1.05 bits per heavy atom. The smallest absolute Gasteiger partial charge is 0.211 e. The molecule has 0 aliphatic carbocycles. The van der Waals surface area contributed by atoms with Gasteiger partial charge in [0, 0.05) is 14.9 Å². The van der Waals surface area contributed by atoms with Gasteiger partial charge in [0.25, 0.3) is 6.29 Å². The van der Waals surface area contributed by atoms with E-state index in [0.29, 0.717) is 5.01 Å². The first kappa shape index (κ1) is 14.0. The van der Waals surface area contributed by atoms with Crippen molar-refractivity contribution in [2.24, 2.45) is 41.0 Å². The molecule has 1 atom stereocenters. The summed E-state index contributed by atoms with van der Waals surface area (Å²) >= 11 is 0. The van der Waals surface area contributed by atoms with Gasteiger partial charge in [0.15, 0.2) is 0 Å². The van der Waals surface area contributed by atoms with Gasteiger partial charge < -0.3 is 0 Å². The molecule has 0 bridgehead atoms. The van der Waals surface area contributed by atoms with Crippen molar-refractivity contribution in [3.63, 3.8) is 0 Å². The van der Waals surface area contributed by atoms with Crippen molar-refractivity contribution in [1.82, 2.24) is 5.01 Å². The summed E-state index contributed by atoms with van der Waals surface area (Å²) in [5.74, 6) is -0.894. The predicted molar refractivity (Wildman–Crippen MR) is 61.9 cm³/mol. The normalized spacial score (nSPS) is 16.8.